The maximum atomic E-state index is 11.5. The van der Waals surface area contributed by atoms with Gasteiger partial charge in [-0.25, -0.2) is 8.42 Å². The summed E-state index contributed by atoms with van der Waals surface area (Å²) >= 11 is 0.931. The van der Waals surface area contributed by atoms with E-state index >= 15 is 0 Å². The van der Waals surface area contributed by atoms with E-state index in [1.807, 2.05) is 13.8 Å². The average Bonchev–Trinajstić information content (AvgIpc) is 2.48. The van der Waals surface area contributed by atoms with Crippen molar-refractivity contribution in [1.29, 1.82) is 0 Å². The molecule has 0 saturated heterocycles. The monoisotopic (exact) mass is 267 g/mol. The Labute approximate surface area is 96.7 Å². The molecule has 0 aliphatic heterocycles. The van der Waals surface area contributed by atoms with Crippen LogP contribution >= 0.6 is 22.0 Å². The van der Waals surface area contributed by atoms with Crippen LogP contribution in [0.3, 0.4) is 0 Å². The van der Waals surface area contributed by atoms with Crippen molar-refractivity contribution >= 4 is 37.0 Å². The molecule has 0 aliphatic rings. The van der Waals surface area contributed by atoms with Gasteiger partial charge in [-0.3, -0.25) is 4.79 Å². The summed E-state index contributed by atoms with van der Waals surface area (Å²) in [5.41, 5.74) is 0.313. The van der Waals surface area contributed by atoms with E-state index in [2.05, 4.69) is 5.32 Å². The lowest BCUT2D eigenvalue weighted by Gasteiger charge is -2.05. The summed E-state index contributed by atoms with van der Waals surface area (Å²) < 4.78 is 21.9. The first-order valence-corrected chi connectivity index (χ1v) is 7.33. The molecule has 0 aromatic carbocycles. The number of nitrogens with one attached hydrogen (secondary N) is 1. The summed E-state index contributed by atoms with van der Waals surface area (Å²) in [6, 6.07) is 1.28. The van der Waals surface area contributed by atoms with Gasteiger partial charge in [0.05, 0.1) is 5.56 Å². The highest BCUT2D eigenvalue weighted by Crippen LogP contribution is 2.23. The van der Waals surface area contributed by atoms with Crippen LogP contribution in [0.2, 0.25) is 0 Å². The molecule has 0 aliphatic carbocycles. The van der Waals surface area contributed by atoms with Gasteiger partial charge in [-0.2, -0.15) is 0 Å². The lowest BCUT2D eigenvalue weighted by molar-refractivity contribution is 0.0943. The summed E-state index contributed by atoms with van der Waals surface area (Å²) in [7, 11) is 1.40. The van der Waals surface area contributed by atoms with Gasteiger partial charge in [0.2, 0.25) is 0 Å². The van der Waals surface area contributed by atoms with E-state index in [0.717, 1.165) is 11.3 Å². The maximum Gasteiger partial charge on any atom is 0.270 e. The first-order valence-electron chi connectivity index (χ1n) is 4.15. The van der Waals surface area contributed by atoms with E-state index in [9.17, 15) is 13.2 Å². The normalized spacial score (nSPS) is 11.7. The molecule has 0 fully saturated rings. The predicted molar refractivity (Wildman–Crippen MR) is 60.0 cm³/mol. The Balaban J connectivity index is 2.90. The van der Waals surface area contributed by atoms with Crippen molar-refractivity contribution in [3.8, 4) is 0 Å². The maximum absolute atomic E-state index is 11.5. The Hall–Kier alpha value is -0.590. The molecule has 15 heavy (non-hydrogen) atoms. The van der Waals surface area contributed by atoms with Crippen molar-refractivity contribution in [2.75, 3.05) is 0 Å². The number of rotatable bonds is 3. The minimum absolute atomic E-state index is 0.00783. The Kier molecular flexibility index (Phi) is 3.75. The molecule has 1 amide bonds. The molecule has 0 spiro atoms. The van der Waals surface area contributed by atoms with E-state index in [4.69, 9.17) is 10.7 Å². The van der Waals surface area contributed by atoms with Crippen molar-refractivity contribution in [3.63, 3.8) is 0 Å². The number of hydrogen-bond acceptors (Lipinski definition) is 4. The second-order valence-corrected chi connectivity index (χ2v) is 6.92. The van der Waals surface area contributed by atoms with Crippen LogP contribution in [-0.2, 0) is 9.05 Å². The highest BCUT2D eigenvalue weighted by atomic mass is 35.7. The summed E-state index contributed by atoms with van der Waals surface area (Å²) in [6.07, 6.45) is 0. The van der Waals surface area contributed by atoms with Crippen molar-refractivity contribution in [2.45, 2.75) is 24.1 Å². The number of halogens is 1. The van der Waals surface area contributed by atoms with E-state index in [-0.39, 0.29) is 16.2 Å². The molecule has 0 radical (unpaired) electrons. The Bertz CT molecular complexity index is 464. The van der Waals surface area contributed by atoms with E-state index in [0.29, 0.717) is 5.56 Å². The predicted octanol–water partition coefficient (Wildman–Crippen LogP) is 1.81. The van der Waals surface area contributed by atoms with Gasteiger partial charge in [-0.1, -0.05) is 0 Å². The fourth-order valence-corrected chi connectivity index (χ4v) is 2.85. The fraction of sp³-hybridized carbons (Fsp3) is 0.375. The zero-order valence-corrected chi connectivity index (χ0v) is 10.5. The summed E-state index contributed by atoms with van der Waals surface area (Å²) in [6.45, 7) is 3.65. The molecule has 1 rings (SSSR count). The van der Waals surface area contributed by atoms with Crippen LogP contribution < -0.4 is 5.32 Å². The highest BCUT2D eigenvalue weighted by Gasteiger charge is 2.16. The third kappa shape index (κ3) is 3.48. The van der Waals surface area contributed by atoms with Gasteiger partial charge in [0.1, 0.15) is 4.21 Å². The molecule has 4 nitrogen and oxygen atoms in total. The van der Waals surface area contributed by atoms with Crippen LogP contribution in [0.4, 0.5) is 0 Å². The van der Waals surface area contributed by atoms with Gasteiger partial charge < -0.3 is 5.32 Å². The Morgan fingerprint density at radius 2 is 2.13 bits per heavy atom. The average molecular weight is 268 g/mol. The van der Waals surface area contributed by atoms with Crippen molar-refractivity contribution in [2.24, 2.45) is 0 Å². The van der Waals surface area contributed by atoms with Gasteiger partial charge in [0.15, 0.2) is 0 Å². The lowest BCUT2D eigenvalue weighted by Crippen LogP contribution is -2.29. The van der Waals surface area contributed by atoms with Gasteiger partial charge in [0, 0.05) is 22.1 Å². The fourth-order valence-electron chi connectivity index (χ4n) is 0.909. The molecule has 7 heteroatoms. The molecule has 0 unspecified atom stereocenters. The molecule has 1 N–H and O–H groups in total. The summed E-state index contributed by atoms with van der Waals surface area (Å²) in [4.78, 5) is 11.5. The molecular weight excluding hydrogens is 258 g/mol. The second kappa shape index (κ2) is 4.51. The molecule has 1 heterocycles. The lowest BCUT2D eigenvalue weighted by atomic mass is 10.3. The third-order valence-corrected chi connectivity index (χ3v) is 4.54. The van der Waals surface area contributed by atoms with E-state index in [1.165, 1.54) is 11.4 Å². The largest absolute Gasteiger partial charge is 0.350 e. The van der Waals surface area contributed by atoms with Crippen LogP contribution in [0.5, 0.6) is 0 Å². The molecule has 0 atom stereocenters. The standard InChI is InChI=1S/C8H10ClNO3S2/c1-5(2)10-8(11)6-3-7(14-4-6)15(9,12)13/h3-5H,1-2H3,(H,10,11). The van der Waals surface area contributed by atoms with E-state index in [1.54, 1.807) is 0 Å². The molecular formula is C8H10ClNO3S2. The number of carbonyl (C=O) groups is 1. The Morgan fingerprint density at radius 3 is 2.53 bits per heavy atom. The highest BCUT2D eigenvalue weighted by molar-refractivity contribution is 8.15. The topological polar surface area (TPSA) is 63.2 Å². The van der Waals surface area contributed by atoms with Crippen LogP contribution in [0.1, 0.15) is 24.2 Å². The zero-order chi connectivity index (χ0) is 11.6. The SMILES string of the molecule is CC(C)NC(=O)c1csc(S(=O)(=O)Cl)c1. The smallest absolute Gasteiger partial charge is 0.270 e. The van der Waals surface area contributed by atoms with Crippen molar-refractivity contribution in [1.82, 2.24) is 5.32 Å². The zero-order valence-electron chi connectivity index (χ0n) is 8.15. The summed E-state index contributed by atoms with van der Waals surface area (Å²) in [5, 5.41) is 4.12. The molecule has 1 aromatic heterocycles. The third-order valence-electron chi connectivity index (χ3n) is 1.50. The van der Waals surface area contributed by atoms with Crippen molar-refractivity contribution in [3.05, 3.63) is 17.0 Å². The Morgan fingerprint density at radius 1 is 1.53 bits per heavy atom. The quantitative estimate of drug-likeness (QED) is 0.850. The number of carbonyl (C=O) groups excluding carboxylic acids is 1. The van der Waals surface area contributed by atoms with Gasteiger partial charge in [0.25, 0.3) is 15.0 Å². The van der Waals surface area contributed by atoms with Gasteiger partial charge >= 0.3 is 0 Å². The molecule has 1 aromatic rings. The van der Waals surface area contributed by atoms with Gasteiger partial charge in [-0.15, -0.1) is 11.3 Å². The first-order chi connectivity index (χ1) is 6.80. The molecule has 0 saturated carbocycles. The van der Waals surface area contributed by atoms with Crippen LogP contribution in [0, 0.1) is 0 Å². The number of thiophene rings is 1. The van der Waals surface area contributed by atoms with Gasteiger partial charge in [-0.05, 0) is 19.9 Å². The van der Waals surface area contributed by atoms with Crippen LogP contribution in [-0.4, -0.2) is 20.4 Å². The minimum Gasteiger partial charge on any atom is -0.350 e. The van der Waals surface area contributed by atoms with Crippen LogP contribution in [0.15, 0.2) is 15.7 Å². The molecule has 84 valence electrons. The number of hydrogen-bond donors (Lipinski definition) is 1. The minimum atomic E-state index is -3.73. The van der Waals surface area contributed by atoms with E-state index < -0.39 is 9.05 Å². The van der Waals surface area contributed by atoms with Crippen molar-refractivity contribution < 1.29 is 13.2 Å². The first kappa shape index (κ1) is 12.5. The second-order valence-electron chi connectivity index (χ2n) is 3.22. The molecule has 0 bridgehead atoms. The number of amides is 1. The summed E-state index contributed by atoms with van der Waals surface area (Å²) in [5.74, 6) is -0.298. The van der Waals surface area contributed by atoms with Crippen LogP contribution in [0.25, 0.3) is 0 Å².